The summed E-state index contributed by atoms with van der Waals surface area (Å²) in [5.74, 6) is 0. The molecule has 2 fully saturated rings. The molecular formula is C12H24N4O4. The highest BCUT2D eigenvalue weighted by Gasteiger charge is 1.94. The Bertz CT molecular complexity index is 238. The molecule has 2 rings (SSSR count). The van der Waals surface area contributed by atoms with Crippen LogP contribution in [0.1, 0.15) is 38.5 Å². The average molecular weight is 288 g/mol. The zero-order valence-electron chi connectivity index (χ0n) is 11.7. The van der Waals surface area contributed by atoms with E-state index in [4.69, 9.17) is 10.2 Å². The molecule has 116 valence electrons. The van der Waals surface area contributed by atoms with Gasteiger partial charge in [-0.1, -0.05) is 23.1 Å². The molecule has 0 aromatic heterocycles. The lowest BCUT2D eigenvalue weighted by Crippen LogP contribution is -2.21. The van der Waals surface area contributed by atoms with E-state index < -0.39 is 12.2 Å². The number of piperidine rings is 2. The zero-order valence-corrected chi connectivity index (χ0v) is 11.7. The van der Waals surface area contributed by atoms with Crippen LogP contribution in [0, 0.1) is 0 Å². The van der Waals surface area contributed by atoms with Gasteiger partial charge in [-0.3, -0.25) is 0 Å². The molecular weight excluding hydrogens is 264 g/mol. The Morgan fingerprint density at radius 3 is 1.05 bits per heavy atom. The predicted octanol–water partition coefficient (Wildman–Crippen LogP) is 2.31. The number of azo groups is 1. The molecule has 2 saturated heterocycles. The van der Waals surface area contributed by atoms with E-state index in [9.17, 15) is 9.59 Å². The molecule has 2 heterocycles. The van der Waals surface area contributed by atoms with Gasteiger partial charge in [0.05, 0.1) is 0 Å². The molecule has 2 aliphatic heterocycles. The second kappa shape index (κ2) is 13.9. The zero-order chi connectivity index (χ0) is 15.1. The lowest BCUT2D eigenvalue weighted by molar-refractivity contribution is 0.194. The summed E-state index contributed by atoms with van der Waals surface area (Å²) in [5, 5.41) is 26.4. The number of hydrogen-bond donors (Lipinski definition) is 4. The molecule has 2 amide bonds. The van der Waals surface area contributed by atoms with Crippen LogP contribution in [0.2, 0.25) is 0 Å². The highest BCUT2D eigenvalue weighted by Crippen LogP contribution is 1.97. The first-order valence-corrected chi connectivity index (χ1v) is 6.92. The first kappa shape index (κ1) is 18.5. The molecule has 0 aliphatic carbocycles. The summed E-state index contributed by atoms with van der Waals surface area (Å²) in [6.07, 6.45) is 5.19. The molecule has 20 heavy (non-hydrogen) atoms. The first-order valence-electron chi connectivity index (χ1n) is 6.92. The summed E-state index contributed by atoms with van der Waals surface area (Å²) in [7, 11) is 0. The third kappa shape index (κ3) is 16.5. The van der Waals surface area contributed by atoms with E-state index in [0.717, 1.165) is 0 Å². The highest BCUT2D eigenvalue weighted by molar-refractivity contribution is 5.70. The van der Waals surface area contributed by atoms with E-state index in [1.807, 2.05) is 0 Å². The van der Waals surface area contributed by atoms with Crippen LogP contribution < -0.4 is 10.6 Å². The third-order valence-electron chi connectivity index (χ3n) is 2.64. The normalized spacial score (nSPS) is 18.2. The Morgan fingerprint density at radius 1 is 0.650 bits per heavy atom. The van der Waals surface area contributed by atoms with E-state index >= 15 is 0 Å². The molecule has 0 atom stereocenters. The number of carboxylic acid groups (broad SMARTS) is 2. The van der Waals surface area contributed by atoms with Gasteiger partial charge in [-0.05, 0) is 51.9 Å². The number of amides is 2. The standard InChI is InChI=1S/2C5H11N.C2H2N2O4/c2*1-2-4-6-5-3-1;5-1(6)3-4-2(7)8/h2*6H,1-5H2;(H,5,6)(H,7,8)/b;;4-3+. The third-order valence-corrected chi connectivity index (χ3v) is 2.64. The van der Waals surface area contributed by atoms with Crippen LogP contribution in [-0.4, -0.2) is 48.6 Å². The van der Waals surface area contributed by atoms with Crippen molar-refractivity contribution in [2.45, 2.75) is 38.5 Å². The SMILES string of the molecule is C1CCNCC1.C1CCNCC1.O=C(O)/N=N/C(=O)O. The summed E-state index contributed by atoms with van der Waals surface area (Å²) in [6, 6.07) is 0. The molecule has 8 heteroatoms. The van der Waals surface area contributed by atoms with Crippen LogP contribution in [-0.2, 0) is 0 Å². The van der Waals surface area contributed by atoms with E-state index in [2.05, 4.69) is 20.9 Å². The van der Waals surface area contributed by atoms with Gasteiger partial charge in [-0.25, -0.2) is 9.59 Å². The minimum absolute atomic E-state index is 1.25. The first-order chi connectivity index (χ1) is 9.63. The molecule has 0 spiro atoms. The largest absolute Gasteiger partial charge is 0.462 e. The topological polar surface area (TPSA) is 123 Å². The van der Waals surface area contributed by atoms with Gasteiger partial charge in [0, 0.05) is 0 Å². The van der Waals surface area contributed by atoms with Crippen molar-refractivity contribution in [3.05, 3.63) is 0 Å². The predicted molar refractivity (Wildman–Crippen MR) is 74.3 cm³/mol. The summed E-state index contributed by atoms with van der Waals surface area (Å²) in [4.78, 5) is 18.8. The summed E-state index contributed by atoms with van der Waals surface area (Å²) in [5.41, 5.74) is 0. The van der Waals surface area contributed by atoms with Crippen LogP contribution in [0.5, 0.6) is 0 Å². The van der Waals surface area contributed by atoms with Crippen molar-refractivity contribution in [2.75, 3.05) is 26.2 Å². The average Bonchev–Trinajstić information content (AvgIpc) is 2.50. The number of rotatable bonds is 0. The van der Waals surface area contributed by atoms with Crippen molar-refractivity contribution < 1.29 is 19.8 Å². The molecule has 8 nitrogen and oxygen atoms in total. The van der Waals surface area contributed by atoms with Crippen molar-refractivity contribution in [1.29, 1.82) is 0 Å². The monoisotopic (exact) mass is 288 g/mol. The van der Waals surface area contributed by atoms with Crippen molar-refractivity contribution in [3.63, 3.8) is 0 Å². The molecule has 0 radical (unpaired) electrons. The molecule has 0 saturated carbocycles. The fourth-order valence-electron chi connectivity index (χ4n) is 1.69. The maximum absolute atomic E-state index is 9.38. The fraction of sp³-hybridized carbons (Fsp3) is 0.833. The fourth-order valence-corrected chi connectivity index (χ4v) is 1.69. The van der Waals surface area contributed by atoms with Crippen LogP contribution in [0.25, 0.3) is 0 Å². The van der Waals surface area contributed by atoms with Crippen LogP contribution in [0.15, 0.2) is 10.2 Å². The molecule has 4 N–H and O–H groups in total. The minimum Gasteiger partial charge on any atom is -0.462 e. The lowest BCUT2D eigenvalue weighted by Gasteiger charge is -2.08. The van der Waals surface area contributed by atoms with Gasteiger partial charge >= 0.3 is 12.2 Å². The van der Waals surface area contributed by atoms with Gasteiger partial charge in [-0.15, -0.1) is 0 Å². The van der Waals surface area contributed by atoms with Crippen molar-refractivity contribution in [1.82, 2.24) is 10.6 Å². The van der Waals surface area contributed by atoms with E-state index in [1.165, 1.54) is 64.7 Å². The maximum atomic E-state index is 9.38. The van der Waals surface area contributed by atoms with Crippen LogP contribution in [0.4, 0.5) is 9.59 Å². The Morgan fingerprint density at radius 2 is 0.950 bits per heavy atom. The minimum atomic E-state index is -1.62. The highest BCUT2D eigenvalue weighted by atomic mass is 16.4. The van der Waals surface area contributed by atoms with Crippen molar-refractivity contribution in [3.8, 4) is 0 Å². The van der Waals surface area contributed by atoms with Crippen molar-refractivity contribution in [2.24, 2.45) is 10.2 Å². The van der Waals surface area contributed by atoms with Gasteiger partial charge in [0.2, 0.25) is 0 Å². The number of nitrogens with one attached hydrogen (secondary N) is 2. The van der Waals surface area contributed by atoms with Crippen molar-refractivity contribution >= 4 is 12.2 Å². The smallest absolute Gasteiger partial charge is 0.450 e. The van der Waals surface area contributed by atoms with Crippen LogP contribution in [0.3, 0.4) is 0 Å². The molecule has 0 unspecified atom stereocenters. The second-order valence-electron chi connectivity index (χ2n) is 4.39. The van der Waals surface area contributed by atoms with Gasteiger partial charge in [0.1, 0.15) is 0 Å². The van der Waals surface area contributed by atoms with E-state index in [0.29, 0.717) is 0 Å². The van der Waals surface area contributed by atoms with Gasteiger partial charge < -0.3 is 20.8 Å². The summed E-state index contributed by atoms with van der Waals surface area (Å²) in [6.45, 7) is 5.00. The molecule has 0 aromatic carbocycles. The Labute approximate surface area is 118 Å². The summed E-state index contributed by atoms with van der Waals surface area (Å²) >= 11 is 0. The molecule has 0 bridgehead atoms. The van der Waals surface area contributed by atoms with Crippen LogP contribution >= 0.6 is 0 Å². The van der Waals surface area contributed by atoms with E-state index in [1.54, 1.807) is 0 Å². The Kier molecular flexibility index (Phi) is 12.8. The molecule has 2 aliphatic rings. The van der Waals surface area contributed by atoms with Gasteiger partial charge in [0.25, 0.3) is 0 Å². The second-order valence-corrected chi connectivity index (χ2v) is 4.39. The Hall–Kier alpha value is -1.54. The number of carbonyl (C=O) groups is 2. The Balaban J connectivity index is 0.000000274. The lowest BCUT2D eigenvalue weighted by atomic mass is 10.2. The quantitative estimate of drug-likeness (QED) is 0.507. The number of nitrogens with zero attached hydrogens (tertiary/aromatic N) is 2. The maximum Gasteiger partial charge on any atom is 0.450 e. The van der Waals surface area contributed by atoms with E-state index in [-0.39, 0.29) is 0 Å². The van der Waals surface area contributed by atoms with Gasteiger partial charge in [-0.2, -0.15) is 0 Å². The number of hydrogen-bond acceptors (Lipinski definition) is 4. The molecule has 0 aromatic rings. The summed E-state index contributed by atoms with van der Waals surface area (Å²) < 4.78 is 0. The van der Waals surface area contributed by atoms with Gasteiger partial charge in [0.15, 0.2) is 0 Å².